The first-order valence-corrected chi connectivity index (χ1v) is 7.21. The monoisotopic (exact) mass is 263 g/mol. The smallest absolute Gasteiger partial charge is 0.126 e. The number of nitrogens with one attached hydrogen (secondary N) is 1. The first-order valence-electron chi connectivity index (χ1n) is 7.21. The third kappa shape index (κ3) is 4.80. The minimum Gasteiger partial charge on any atom is -0.390 e. The van der Waals surface area contributed by atoms with Gasteiger partial charge in [0.15, 0.2) is 0 Å². The summed E-state index contributed by atoms with van der Waals surface area (Å²) >= 11 is 0. The van der Waals surface area contributed by atoms with Crippen LogP contribution in [0, 0.1) is 12.8 Å². The molecule has 1 aromatic heterocycles. The van der Waals surface area contributed by atoms with Gasteiger partial charge >= 0.3 is 0 Å². The molecule has 1 aliphatic heterocycles. The highest BCUT2D eigenvalue weighted by atomic mass is 16.3. The lowest BCUT2D eigenvalue weighted by Gasteiger charge is -2.31. The molecule has 1 unspecified atom stereocenters. The van der Waals surface area contributed by atoms with E-state index in [0.29, 0.717) is 6.54 Å². The van der Waals surface area contributed by atoms with Gasteiger partial charge in [-0.2, -0.15) is 0 Å². The van der Waals surface area contributed by atoms with E-state index in [4.69, 9.17) is 0 Å². The van der Waals surface area contributed by atoms with E-state index < -0.39 is 0 Å². The number of likely N-dealkylation sites (tertiary alicyclic amines) is 1. The molecule has 4 nitrogen and oxygen atoms in total. The predicted molar refractivity (Wildman–Crippen MR) is 78.3 cm³/mol. The third-order valence-corrected chi connectivity index (χ3v) is 3.75. The average molecular weight is 263 g/mol. The number of β-amino-alcohol motifs (C(OH)–C–C–N with tert-alkyl or cyclic N) is 1. The largest absolute Gasteiger partial charge is 0.390 e. The molecule has 19 heavy (non-hydrogen) atoms. The van der Waals surface area contributed by atoms with E-state index in [2.05, 4.69) is 22.1 Å². The van der Waals surface area contributed by atoms with Crippen molar-refractivity contribution in [3.63, 3.8) is 0 Å². The van der Waals surface area contributed by atoms with Crippen molar-refractivity contribution in [1.82, 2.24) is 9.88 Å². The predicted octanol–water partition coefficient (Wildman–Crippen LogP) is 1.89. The second-order valence-corrected chi connectivity index (χ2v) is 5.68. The Hall–Kier alpha value is -1.13. The van der Waals surface area contributed by atoms with Crippen molar-refractivity contribution in [2.75, 3.05) is 31.5 Å². The number of pyridine rings is 1. The van der Waals surface area contributed by atoms with Gasteiger partial charge in [0.25, 0.3) is 0 Å². The Bertz CT molecular complexity index is 389. The molecule has 0 aromatic carbocycles. The van der Waals surface area contributed by atoms with Crippen molar-refractivity contribution in [2.24, 2.45) is 5.92 Å². The molecule has 0 aliphatic carbocycles. The Balaban J connectivity index is 1.71. The maximum absolute atomic E-state index is 10.1. The topological polar surface area (TPSA) is 48.4 Å². The molecular weight excluding hydrogens is 238 g/mol. The Morgan fingerprint density at radius 1 is 1.42 bits per heavy atom. The summed E-state index contributed by atoms with van der Waals surface area (Å²) in [6.07, 6.45) is 2.16. The highest BCUT2D eigenvalue weighted by Gasteiger charge is 2.18. The standard InChI is InChI=1S/C15H25N3O/c1-12-6-8-18(9-7-12)11-14(19)10-16-15-5-3-4-13(2)17-15/h3-5,12,14,19H,6-11H2,1-2H3,(H,16,17). The molecule has 4 heteroatoms. The summed E-state index contributed by atoms with van der Waals surface area (Å²) in [5.41, 5.74) is 0.990. The number of aliphatic hydroxyl groups is 1. The Kier molecular flexibility index (Phi) is 5.16. The van der Waals surface area contributed by atoms with E-state index in [1.54, 1.807) is 0 Å². The first kappa shape index (κ1) is 14.3. The molecule has 1 atom stereocenters. The van der Waals surface area contributed by atoms with Crippen LogP contribution in [0.3, 0.4) is 0 Å². The molecule has 1 aliphatic rings. The van der Waals surface area contributed by atoms with Crippen molar-refractivity contribution < 1.29 is 5.11 Å². The van der Waals surface area contributed by atoms with Crippen LogP contribution >= 0.6 is 0 Å². The lowest BCUT2D eigenvalue weighted by Crippen LogP contribution is -2.40. The molecule has 2 N–H and O–H groups in total. The van der Waals surface area contributed by atoms with Crippen LogP contribution in [0.1, 0.15) is 25.5 Å². The number of piperidine rings is 1. The molecular formula is C15H25N3O. The summed E-state index contributed by atoms with van der Waals surface area (Å²) in [4.78, 5) is 6.72. The first-order chi connectivity index (χ1) is 9.13. The molecule has 0 radical (unpaired) electrons. The highest BCUT2D eigenvalue weighted by Crippen LogP contribution is 2.16. The molecule has 106 valence electrons. The van der Waals surface area contributed by atoms with Gasteiger partial charge in [-0.15, -0.1) is 0 Å². The molecule has 2 heterocycles. The van der Waals surface area contributed by atoms with Crippen molar-refractivity contribution in [3.05, 3.63) is 23.9 Å². The molecule has 0 spiro atoms. The minimum absolute atomic E-state index is 0.337. The maximum Gasteiger partial charge on any atom is 0.126 e. The van der Waals surface area contributed by atoms with Gasteiger partial charge in [-0.05, 0) is 50.9 Å². The van der Waals surface area contributed by atoms with E-state index in [1.165, 1.54) is 12.8 Å². The summed E-state index contributed by atoms with van der Waals surface area (Å²) < 4.78 is 0. The minimum atomic E-state index is -0.337. The van der Waals surface area contributed by atoms with Crippen LogP contribution in [0.4, 0.5) is 5.82 Å². The summed E-state index contributed by atoms with van der Waals surface area (Å²) in [5, 5.41) is 13.3. The van der Waals surface area contributed by atoms with E-state index >= 15 is 0 Å². The summed E-state index contributed by atoms with van der Waals surface area (Å²) in [7, 11) is 0. The fourth-order valence-electron chi connectivity index (χ4n) is 2.47. The van der Waals surface area contributed by atoms with Crippen molar-refractivity contribution >= 4 is 5.82 Å². The van der Waals surface area contributed by atoms with Crippen molar-refractivity contribution in [2.45, 2.75) is 32.8 Å². The Morgan fingerprint density at radius 2 is 2.16 bits per heavy atom. The van der Waals surface area contributed by atoms with Crippen LogP contribution in [0.15, 0.2) is 18.2 Å². The van der Waals surface area contributed by atoms with Gasteiger partial charge in [0, 0.05) is 18.8 Å². The van der Waals surface area contributed by atoms with Gasteiger partial charge in [0.1, 0.15) is 5.82 Å². The number of hydrogen-bond acceptors (Lipinski definition) is 4. The third-order valence-electron chi connectivity index (χ3n) is 3.75. The fraction of sp³-hybridized carbons (Fsp3) is 0.667. The van der Waals surface area contributed by atoms with Crippen LogP contribution in [-0.4, -0.2) is 47.3 Å². The molecule has 1 saturated heterocycles. The molecule has 1 fully saturated rings. The second kappa shape index (κ2) is 6.87. The van der Waals surface area contributed by atoms with Crippen LogP contribution in [-0.2, 0) is 0 Å². The number of rotatable bonds is 5. The van der Waals surface area contributed by atoms with E-state index in [9.17, 15) is 5.11 Å². The summed E-state index contributed by atoms with van der Waals surface area (Å²) in [6, 6.07) is 5.88. The second-order valence-electron chi connectivity index (χ2n) is 5.68. The van der Waals surface area contributed by atoms with E-state index in [-0.39, 0.29) is 6.10 Å². The lowest BCUT2D eigenvalue weighted by atomic mass is 9.99. The van der Waals surface area contributed by atoms with E-state index in [0.717, 1.165) is 37.1 Å². The number of aryl methyl sites for hydroxylation is 1. The maximum atomic E-state index is 10.1. The van der Waals surface area contributed by atoms with Crippen molar-refractivity contribution in [3.8, 4) is 0 Å². The highest BCUT2D eigenvalue weighted by molar-refractivity contribution is 5.35. The molecule has 2 rings (SSSR count). The zero-order valence-electron chi connectivity index (χ0n) is 12.0. The zero-order valence-corrected chi connectivity index (χ0v) is 12.0. The molecule has 1 aromatic rings. The number of nitrogens with zero attached hydrogens (tertiary/aromatic N) is 2. The van der Waals surface area contributed by atoms with Crippen LogP contribution in [0.25, 0.3) is 0 Å². The van der Waals surface area contributed by atoms with Crippen LogP contribution in [0.2, 0.25) is 0 Å². The molecule has 0 saturated carbocycles. The van der Waals surface area contributed by atoms with Gasteiger partial charge in [-0.1, -0.05) is 13.0 Å². The van der Waals surface area contributed by atoms with Gasteiger partial charge < -0.3 is 15.3 Å². The summed E-state index contributed by atoms with van der Waals surface area (Å²) in [6.45, 7) is 7.81. The number of hydrogen-bond donors (Lipinski definition) is 2. The number of anilines is 1. The van der Waals surface area contributed by atoms with Gasteiger partial charge in [0.05, 0.1) is 6.10 Å². The van der Waals surface area contributed by atoms with Gasteiger partial charge in [0.2, 0.25) is 0 Å². The normalized spacial score (nSPS) is 19.3. The van der Waals surface area contributed by atoms with Crippen LogP contribution < -0.4 is 5.32 Å². The SMILES string of the molecule is Cc1cccc(NCC(O)CN2CCC(C)CC2)n1. The fourth-order valence-corrected chi connectivity index (χ4v) is 2.47. The lowest BCUT2D eigenvalue weighted by molar-refractivity contribution is 0.0989. The Labute approximate surface area is 115 Å². The zero-order chi connectivity index (χ0) is 13.7. The van der Waals surface area contributed by atoms with Crippen LogP contribution in [0.5, 0.6) is 0 Å². The Morgan fingerprint density at radius 3 is 2.84 bits per heavy atom. The summed E-state index contributed by atoms with van der Waals surface area (Å²) in [5.74, 6) is 1.68. The van der Waals surface area contributed by atoms with E-state index in [1.807, 2.05) is 25.1 Å². The van der Waals surface area contributed by atoms with Gasteiger partial charge in [-0.25, -0.2) is 4.98 Å². The van der Waals surface area contributed by atoms with Crippen molar-refractivity contribution in [1.29, 1.82) is 0 Å². The quantitative estimate of drug-likeness (QED) is 0.852. The number of aromatic nitrogens is 1. The molecule has 0 amide bonds. The molecule has 0 bridgehead atoms. The number of aliphatic hydroxyl groups excluding tert-OH is 1. The van der Waals surface area contributed by atoms with Gasteiger partial charge in [-0.3, -0.25) is 0 Å². The average Bonchev–Trinajstić information content (AvgIpc) is 2.39.